The summed E-state index contributed by atoms with van der Waals surface area (Å²) in [6, 6.07) is 4.65. The molecule has 7 nitrogen and oxygen atoms in total. The third kappa shape index (κ3) is 2.38. The first-order chi connectivity index (χ1) is 9.22. The fourth-order valence-electron chi connectivity index (χ4n) is 1.60. The van der Waals surface area contributed by atoms with E-state index < -0.39 is 4.92 Å². The normalized spacial score (nSPS) is 10.7. The summed E-state index contributed by atoms with van der Waals surface area (Å²) in [5, 5.41) is 13.7. The molecule has 0 amide bonds. The molecule has 3 rings (SSSR count). The molecule has 0 unspecified atom stereocenters. The van der Waals surface area contributed by atoms with Crippen LogP contribution in [-0.4, -0.2) is 14.9 Å². The predicted octanol–water partition coefficient (Wildman–Crippen LogP) is 2.80. The zero-order chi connectivity index (χ0) is 13.2. The number of nitrogens with zero attached hydrogens (tertiary/aromatic N) is 3. The highest BCUT2D eigenvalue weighted by Crippen LogP contribution is 2.23. The lowest BCUT2D eigenvalue weighted by molar-refractivity contribution is -0.384. The molecule has 0 spiro atoms. The first kappa shape index (κ1) is 11.6. The van der Waals surface area contributed by atoms with Crippen LogP contribution in [0.3, 0.4) is 0 Å². The number of nitro benzene ring substituents is 1. The van der Waals surface area contributed by atoms with E-state index in [1.165, 1.54) is 23.5 Å². The Morgan fingerprint density at radius 1 is 1.47 bits per heavy atom. The molecule has 0 aliphatic carbocycles. The quantitative estimate of drug-likeness (QED) is 0.581. The van der Waals surface area contributed by atoms with Gasteiger partial charge in [0.15, 0.2) is 5.58 Å². The molecule has 0 aliphatic rings. The van der Waals surface area contributed by atoms with Crippen molar-refractivity contribution in [3.05, 3.63) is 44.9 Å². The largest absolute Gasteiger partial charge is 0.424 e. The Labute approximate surface area is 111 Å². The molecule has 0 radical (unpaired) electrons. The number of aromatic nitrogens is 2. The van der Waals surface area contributed by atoms with E-state index in [1.54, 1.807) is 17.8 Å². The Hall–Kier alpha value is -2.48. The number of oxazole rings is 1. The van der Waals surface area contributed by atoms with Gasteiger partial charge in [0.2, 0.25) is 0 Å². The van der Waals surface area contributed by atoms with E-state index in [4.69, 9.17) is 4.42 Å². The molecule has 0 saturated carbocycles. The van der Waals surface area contributed by atoms with Crippen LogP contribution in [0, 0.1) is 10.1 Å². The Balaban J connectivity index is 1.83. The van der Waals surface area contributed by atoms with E-state index in [-0.39, 0.29) is 5.69 Å². The van der Waals surface area contributed by atoms with E-state index in [0.717, 1.165) is 4.88 Å². The number of benzene rings is 1. The van der Waals surface area contributed by atoms with E-state index in [0.29, 0.717) is 23.7 Å². The molecule has 2 heterocycles. The van der Waals surface area contributed by atoms with Crippen molar-refractivity contribution in [2.45, 2.75) is 6.54 Å². The molecule has 2 aromatic heterocycles. The first-order valence-electron chi connectivity index (χ1n) is 5.38. The molecule has 0 fully saturated rings. The van der Waals surface area contributed by atoms with Crippen molar-refractivity contribution in [2.75, 3.05) is 5.32 Å². The number of hydrogen-bond acceptors (Lipinski definition) is 7. The molecular weight excluding hydrogens is 268 g/mol. The molecule has 0 atom stereocenters. The van der Waals surface area contributed by atoms with Crippen molar-refractivity contribution in [3.63, 3.8) is 0 Å². The van der Waals surface area contributed by atoms with Gasteiger partial charge in [-0.15, -0.1) is 11.3 Å². The van der Waals surface area contributed by atoms with Crippen LogP contribution in [0.15, 0.2) is 34.3 Å². The van der Waals surface area contributed by atoms with E-state index in [9.17, 15) is 10.1 Å². The van der Waals surface area contributed by atoms with E-state index in [1.807, 2.05) is 0 Å². The summed E-state index contributed by atoms with van der Waals surface area (Å²) in [6.07, 6.45) is 1.76. The second kappa shape index (κ2) is 4.65. The van der Waals surface area contributed by atoms with Crippen LogP contribution < -0.4 is 5.32 Å². The maximum absolute atomic E-state index is 10.7. The minimum Gasteiger partial charge on any atom is -0.424 e. The number of rotatable bonds is 4. The van der Waals surface area contributed by atoms with Gasteiger partial charge in [0.25, 0.3) is 11.7 Å². The van der Waals surface area contributed by atoms with Gasteiger partial charge >= 0.3 is 0 Å². The van der Waals surface area contributed by atoms with Crippen molar-refractivity contribution >= 4 is 34.1 Å². The lowest BCUT2D eigenvalue weighted by Crippen LogP contribution is -1.96. The number of fused-ring (bicyclic) bond motifs is 1. The van der Waals surface area contributed by atoms with E-state index in [2.05, 4.69) is 15.3 Å². The lowest BCUT2D eigenvalue weighted by atomic mass is 10.3. The summed E-state index contributed by atoms with van der Waals surface area (Å²) in [5.41, 5.74) is 2.71. The number of nitrogens with one attached hydrogen (secondary N) is 1. The van der Waals surface area contributed by atoms with Crippen molar-refractivity contribution < 1.29 is 9.34 Å². The zero-order valence-corrected chi connectivity index (χ0v) is 10.4. The fourth-order valence-corrected chi connectivity index (χ4v) is 2.13. The first-order valence-corrected chi connectivity index (χ1v) is 6.26. The minimum atomic E-state index is -0.460. The van der Waals surface area contributed by atoms with Gasteiger partial charge < -0.3 is 9.73 Å². The topological polar surface area (TPSA) is 94.1 Å². The average molecular weight is 276 g/mol. The van der Waals surface area contributed by atoms with Gasteiger partial charge in [-0.3, -0.25) is 15.1 Å². The number of nitro groups is 1. The van der Waals surface area contributed by atoms with Gasteiger partial charge in [-0.2, -0.15) is 4.98 Å². The van der Waals surface area contributed by atoms with Crippen molar-refractivity contribution in [1.82, 2.24) is 9.97 Å². The molecule has 1 aromatic carbocycles. The summed E-state index contributed by atoms with van der Waals surface area (Å²) in [5.74, 6) is 0. The van der Waals surface area contributed by atoms with Crippen molar-refractivity contribution in [1.29, 1.82) is 0 Å². The van der Waals surface area contributed by atoms with Crippen LogP contribution in [0.4, 0.5) is 11.7 Å². The van der Waals surface area contributed by atoms with Crippen LogP contribution in [-0.2, 0) is 6.54 Å². The maximum atomic E-state index is 10.7. The van der Waals surface area contributed by atoms with Crippen LogP contribution in [0.1, 0.15) is 4.88 Å². The lowest BCUT2D eigenvalue weighted by Gasteiger charge is -1.96. The number of non-ortho nitro benzene ring substituents is 1. The molecule has 19 heavy (non-hydrogen) atoms. The van der Waals surface area contributed by atoms with Gasteiger partial charge in [-0.25, -0.2) is 0 Å². The van der Waals surface area contributed by atoms with E-state index >= 15 is 0 Å². The molecule has 0 saturated heterocycles. The van der Waals surface area contributed by atoms with Crippen LogP contribution in [0.5, 0.6) is 0 Å². The van der Waals surface area contributed by atoms with Crippen molar-refractivity contribution in [3.8, 4) is 0 Å². The van der Waals surface area contributed by atoms with Gasteiger partial charge in [0, 0.05) is 23.2 Å². The highest BCUT2D eigenvalue weighted by molar-refractivity contribution is 7.09. The van der Waals surface area contributed by atoms with Crippen LogP contribution >= 0.6 is 11.3 Å². The standard InChI is InChI=1S/C11H8N4O3S/c16-15(17)7-1-2-10-9(3-7)14-11(18-10)13-5-8-4-12-6-19-8/h1-4,6H,5H2,(H,13,14). The molecule has 96 valence electrons. The zero-order valence-electron chi connectivity index (χ0n) is 9.57. The van der Waals surface area contributed by atoms with Gasteiger partial charge in [-0.1, -0.05) is 0 Å². The Kier molecular flexibility index (Phi) is 2.84. The van der Waals surface area contributed by atoms with Gasteiger partial charge in [0.1, 0.15) is 5.52 Å². The van der Waals surface area contributed by atoms with Gasteiger partial charge in [-0.05, 0) is 6.07 Å². The SMILES string of the molecule is O=[N+]([O-])c1ccc2oc(NCc3cncs3)nc2c1. The van der Waals surface area contributed by atoms with Crippen molar-refractivity contribution in [2.24, 2.45) is 0 Å². The molecule has 3 aromatic rings. The van der Waals surface area contributed by atoms with Crippen LogP contribution in [0.2, 0.25) is 0 Å². The number of hydrogen-bond donors (Lipinski definition) is 1. The summed E-state index contributed by atoms with van der Waals surface area (Å²) < 4.78 is 5.44. The summed E-state index contributed by atoms with van der Waals surface area (Å²) in [4.78, 5) is 19.4. The molecule has 0 aliphatic heterocycles. The highest BCUT2D eigenvalue weighted by atomic mass is 32.1. The average Bonchev–Trinajstić information content (AvgIpc) is 3.04. The number of thiazole rings is 1. The summed E-state index contributed by atoms with van der Waals surface area (Å²) >= 11 is 1.52. The third-order valence-corrected chi connectivity index (χ3v) is 3.26. The maximum Gasteiger partial charge on any atom is 0.295 e. The second-order valence-corrected chi connectivity index (χ2v) is 4.72. The smallest absolute Gasteiger partial charge is 0.295 e. The Morgan fingerprint density at radius 3 is 3.11 bits per heavy atom. The molecular formula is C11H8N4O3S. The third-order valence-electron chi connectivity index (χ3n) is 2.48. The predicted molar refractivity (Wildman–Crippen MR) is 70.1 cm³/mol. The highest BCUT2D eigenvalue weighted by Gasteiger charge is 2.11. The van der Waals surface area contributed by atoms with Gasteiger partial charge in [0.05, 0.1) is 17.0 Å². The fraction of sp³-hybridized carbons (Fsp3) is 0.0909. The Bertz CT molecular complexity index is 723. The monoisotopic (exact) mass is 276 g/mol. The Morgan fingerprint density at radius 2 is 2.37 bits per heavy atom. The minimum absolute atomic E-state index is 0.00481. The van der Waals surface area contributed by atoms with Crippen LogP contribution in [0.25, 0.3) is 11.1 Å². The molecule has 8 heteroatoms. The molecule has 1 N–H and O–H groups in total. The summed E-state index contributed by atoms with van der Waals surface area (Å²) in [6.45, 7) is 0.555. The summed E-state index contributed by atoms with van der Waals surface area (Å²) in [7, 11) is 0. The molecule has 0 bridgehead atoms. The number of anilines is 1. The second-order valence-electron chi connectivity index (χ2n) is 3.75.